The lowest BCUT2D eigenvalue weighted by Crippen LogP contribution is -2.29. The minimum Gasteiger partial charge on any atom is -0.322 e. The van der Waals surface area contributed by atoms with E-state index in [4.69, 9.17) is 0 Å². The van der Waals surface area contributed by atoms with Crippen molar-refractivity contribution in [1.82, 2.24) is 4.90 Å². The van der Waals surface area contributed by atoms with Crippen molar-refractivity contribution in [3.05, 3.63) is 63.1 Å². The first-order chi connectivity index (χ1) is 11.4. The number of anilines is 1. The van der Waals surface area contributed by atoms with Crippen molar-refractivity contribution >= 4 is 39.3 Å². The summed E-state index contributed by atoms with van der Waals surface area (Å²) in [6.07, 6.45) is 0. The highest BCUT2D eigenvalue weighted by molar-refractivity contribution is 9.10. The van der Waals surface area contributed by atoms with Crippen molar-refractivity contribution in [3.63, 3.8) is 0 Å². The first-order valence-corrected chi connectivity index (χ1v) is 8.29. The summed E-state index contributed by atoms with van der Waals surface area (Å²) in [7, 11) is 0. The highest BCUT2D eigenvalue weighted by Crippen LogP contribution is 2.25. The quantitative estimate of drug-likeness (QED) is 0.819. The molecule has 0 fully saturated rings. The van der Waals surface area contributed by atoms with Gasteiger partial charge in [-0.1, -0.05) is 15.9 Å². The number of aryl methyl sites for hydroxylation is 1. The standard InChI is InChI=1S/C18H15BrN2O3/c1-3-21-17(23)13-6-4-11(9-14(13)18(21)24)16(22)20-15-7-5-12(19)8-10(15)2/h4-9H,3H2,1-2H3,(H,20,22). The second kappa shape index (κ2) is 6.20. The van der Waals surface area contributed by atoms with Crippen molar-refractivity contribution in [3.8, 4) is 0 Å². The molecule has 0 radical (unpaired) electrons. The number of rotatable bonds is 3. The Kier molecular flexibility index (Phi) is 4.24. The predicted molar refractivity (Wildman–Crippen MR) is 94.3 cm³/mol. The maximum absolute atomic E-state index is 12.5. The fraction of sp³-hybridized carbons (Fsp3) is 0.167. The van der Waals surface area contributed by atoms with Crippen LogP contribution in [0.5, 0.6) is 0 Å². The molecule has 3 rings (SSSR count). The smallest absolute Gasteiger partial charge is 0.261 e. The van der Waals surface area contributed by atoms with Crippen molar-refractivity contribution in [1.29, 1.82) is 0 Å². The fourth-order valence-corrected chi connectivity index (χ4v) is 3.16. The van der Waals surface area contributed by atoms with Gasteiger partial charge in [-0.2, -0.15) is 0 Å². The molecule has 0 saturated heterocycles. The number of hydrogen-bond acceptors (Lipinski definition) is 3. The van der Waals surface area contributed by atoms with Gasteiger partial charge >= 0.3 is 0 Å². The van der Waals surface area contributed by atoms with Gasteiger partial charge in [-0.25, -0.2) is 0 Å². The van der Waals surface area contributed by atoms with Crippen LogP contribution >= 0.6 is 15.9 Å². The molecule has 0 bridgehead atoms. The van der Waals surface area contributed by atoms with Crippen LogP contribution in [0, 0.1) is 6.92 Å². The van der Waals surface area contributed by atoms with Gasteiger partial charge in [0.25, 0.3) is 17.7 Å². The van der Waals surface area contributed by atoms with Crippen molar-refractivity contribution < 1.29 is 14.4 Å². The Labute approximate surface area is 147 Å². The lowest BCUT2D eigenvalue weighted by molar-refractivity contribution is 0.0662. The summed E-state index contributed by atoms with van der Waals surface area (Å²) in [6, 6.07) is 10.1. The fourth-order valence-electron chi connectivity index (χ4n) is 2.68. The van der Waals surface area contributed by atoms with Gasteiger partial charge in [0.1, 0.15) is 0 Å². The zero-order valence-electron chi connectivity index (χ0n) is 13.2. The average molecular weight is 387 g/mol. The van der Waals surface area contributed by atoms with Gasteiger partial charge in [-0.15, -0.1) is 0 Å². The third kappa shape index (κ3) is 2.73. The molecule has 122 valence electrons. The zero-order chi connectivity index (χ0) is 17.4. The molecule has 3 amide bonds. The molecule has 0 spiro atoms. The Balaban J connectivity index is 1.89. The number of carbonyl (C=O) groups excluding carboxylic acids is 3. The van der Waals surface area contributed by atoms with E-state index in [2.05, 4.69) is 21.2 Å². The van der Waals surface area contributed by atoms with E-state index in [9.17, 15) is 14.4 Å². The summed E-state index contributed by atoms with van der Waals surface area (Å²) in [5, 5.41) is 2.83. The van der Waals surface area contributed by atoms with E-state index in [1.807, 2.05) is 19.1 Å². The van der Waals surface area contributed by atoms with E-state index in [-0.39, 0.29) is 23.3 Å². The van der Waals surface area contributed by atoms with Gasteiger partial charge in [0.2, 0.25) is 0 Å². The van der Waals surface area contributed by atoms with Crippen LogP contribution in [0.1, 0.15) is 43.6 Å². The molecule has 2 aromatic rings. The molecule has 0 aromatic heterocycles. The minimum atomic E-state index is -0.355. The third-order valence-corrected chi connectivity index (χ3v) is 4.48. The number of benzene rings is 2. The SMILES string of the molecule is CCN1C(=O)c2ccc(C(=O)Nc3ccc(Br)cc3C)cc2C1=O. The van der Waals surface area contributed by atoms with Gasteiger partial charge < -0.3 is 5.32 Å². The number of nitrogens with one attached hydrogen (secondary N) is 1. The molecule has 6 heteroatoms. The number of carbonyl (C=O) groups is 3. The van der Waals surface area contributed by atoms with E-state index >= 15 is 0 Å². The maximum atomic E-state index is 12.5. The molecule has 0 aliphatic carbocycles. The van der Waals surface area contributed by atoms with E-state index in [0.29, 0.717) is 23.4 Å². The van der Waals surface area contributed by atoms with Crippen LogP contribution in [-0.2, 0) is 0 Å². The number of hydrogen-bond donors (Lipinski definition) is 1. The zero-order valence-corrected chi connectivity index (χ0v) is 14.8. The second-order valence-corrected chi connectivity index (χ2v) is 6.44. The molecule has 0 saturated carbocycles. The highest BCUT2D eigenvalue weighted by atomic mass is 79.9. The summed E-state index contributed by atoms with van der Waals surface area (Å²) in [4.78, 5) is 37.9. The van der Waals surface area contributed by atoms with Crippen molar-refractivity contribution in [2.45, 2.75) is 13.8 Å². The number of nitrogens with zero attached hydrogens (tertiary/aromatic N) is 1. The molecule has 5 nitrogen and oxygen atoms in total. The van der Waals surface area contributed by atoms with Crippen molar-refractivity contribution in [2.24, 2.45) is 0 Å². The molecule has 0 unspecified atom stereocenters. The second-order valence-electron chi connectivity index (χ2n) is 5.53. The Bertz CT molecular complexity index is 877. The highest BCUT2D eigenvalue weighted by Gasteiger charge is 2.34. The maximum Gasteiger partial charge on any atom is 0.261 e. The Morgan fingerprint density at radius 3 is 2.46 bits per heavy atom. The Morgan fingerprint density at radius 1 is 1.08 bits per heavy atom. The summed E-state index contributed by atoms with van der Waals surface area (Å²) in [6.45, 7) is 3.95. The number of halogens is 1. The normalized spacial score (nSPS) is 13.2. The van der Waals surface area contributed by atoms with E-state index in [1.54, 1.807) is 19.1 Å². The average Bonchev–Trinajstić information content (AvgIpc) is 2.80. The van der Waals surface area contributed by atoms with Crippen LogP contribution < -0.4 is 5.32 Å². The van der Waals surface area contributed by atoms with Crippen LogP contribution in [0.15, 0.2) is 40.9 Å². The molecule has 0 atom stereocenters. The van der Waals surface area contributed by atoms with E-state index in [0.717, 1.165) is 10.0 Å². The monoisotopic (exact) mass is 386 g/mol. The Morgan fingerprint density at radius 2 is 1.79 bits per heavy atom. The van der Waals surface area contributed by atoms with E-state index < -0.39 is 0 Å². The summed E-state index contributed by atoms with van der Waals surface area (Å²) >= 11 is 3.38. The molecule has 24 heavy (non-hydrogen) atoms. The number of imide groups is 1. The summed E-state index contributed by atoms with van der Waals surface area (Å²) < 4.78 is 0.930. The van der Waals surface area contributed by atoms with Gasteiger partial charge in [-0.3, -0.25) is 19.3 Å². The minimum absolute atomic E-state index is 0.280. The third-order valence-electron chi connectivity index (χ3n) is 3.99. The number of amides is 3. The predicted octanol–water partition coefficient (Wildman–Crippen LogP) is 3.63. The van der Waals surface area contributed by atoms with Crippen LogP contribution in [0.2, 0.25) is 0 Å². The topological polar surface area (TPSA) is 66.5 Å². The van der Waals surface area contributed by atoms with Gasteiger partial charge in [-0.05, 0) is 55.8 Å². The van der Waals surface area contributed by atoms with Crippen LogP contribution in [-0.4, -0.2) is 29.2 Å². The first-order valence-electron chi connectivity index (χ1n) is 7.50. The largest absolute Gasteiger partial charge is 0.322 e. The van der Waals surface area contributed by atoms with Crippen molar-refractivity contribution in [2.75, 3.05) is 11.9 Å². The molecule has 1 aliphatic rings. The summed E-state index contributed by atoms with van der Waals surface area (Å²) in [5.41, 5.74) is 2.58. The molecule has 1 N–H and O–H groups in total. The molecule has 2 aromatic carbocycles. The lowest BCUT2D eigenvalue weighted by Gasteiger charge is -2.09. The first kappa shape index (κ1) is 16.4. The number of fused-ring (bicyclic) bond motifs is 1. The van der Waals surface area contributed by atoms with Gasteiger partial charge in [0.05, 0.1) is 11.1 Å². The van der Waals surface area contributed by atoms with Crippen LogP contribution in [0.3, 0.4) is 0 Å². The van der Waals surface area contributed by atoms with E-state index in [1.165, 1.54) is 17.0 Å². The lowest BCUT2D eigenvalue weighted by atomic mass is 10.0. The molecular formula is C18H15BrN2O3. The van der Waals surface area contributed by atoms with Crippen LogP contribution in [0.4, 0.5) is 5.69 Å². The van der Waals surface area contributed by atoms with Gasteiger partial charge in [0.15, 0.2) is 0 Å². The van der Waals surface area contributed by atoms with Gasteiger partial charge in [0, 0.05) is 22.3 Å². The summed E-state index contributed by atoms with van der Waals surface area (Å²) in [5.74, 6) is -0.987. The van der Waals surface area contributed by atoms with Crippen LogP contribution in [0.25, 0.3) is 0 Å². The molecule has 1 aliphatic heterocycles. The Hall–Kier alpha value is -2.47. The molecular weight excluding hydrogens is 372 g/mol. The molecule has 1 heterocycles.